The maximum Gasteiger partial charge on any atom is 0.338 e. The summed E-state index contributed by atoms with van der Waals surface area (Å²) in [6.07, 6.45) is 1.79. The molecular weight excluding hydrogens is 658 g/mol. The van der Waals surface area contributed by atoms with Gasteiger partial charge in [-0.05, 0) is 87.6 Å². The molecule has 0 bridgehead atoms. The third kappa shape index (κ3) is 5.96. The number of non-ortho nitro benzene ring substituents is 1. The molecule has 1 atom stereocenters. The number of nitro benzene ring substituents is 1. The predicted molar refractivity (Wildman–Crippen MR) is 176 cm³/mol. The Kier molecular flexibility index (Phi) is 8.46. The lowest BCUT2D eigenvalue weighted by atomic mass is 9.91. The molecule has 5 aromatic rings. The van der Waals surface area contributed by atoms with E-state index in [1.54, 1.807) is 42.7 Å². The first-order chi connectivity index (χ1) is 21.7. The van der Waals surface area contributed by atoms with Gasteiger partial charge in [0.25, 0.3) is 11.2 Å². The highest BCUT2D eigenvalue weighted by Gasteiger charge is 2.34. The van der Waals surface area contributed by atoms with Crippen LogP contribution in [0.4, 0.5) is 5.69 Å². The highest BCUT2D eigenvalue weighted by Crippen LogP contribution is 2.35. The Hall–Kier alpha value is -4.87. The summed E-state index contributed by atoms with van der Waals surface area (Å²) in [6, 6.07) is 24.7. The Bertz CT molecular complexity index is 2180. The molecule has 9 nitrogen and oxygen atoms in total. The van der Waals surface area contributed by atoms with Gasteiger partial charge in [0.1, 0.15) is 12.4 Å². The molecule has 1 aromatic heterocycles. The minimum atomic E-state index is -0.713. The molecule has 0 unspecified atom stereocenters. The number of halogens is 1. The van der Waals surface area contributed by atoms with Crippen molar-refractivity contribution in [1.82, 2.24) is 4.57 Å². The van der Waals surface area contributed by atoms with Crippen LogP contribution in [0.15, 0.2) is 110 Å². The zero-order valence-electron chi connectivity index (χ0n) is 24.2. The Morgan fingerprint density at radius 3 is 2.58 bits per heavy atom. The first kappa shape index (κ1) is 30.2. The van der Waals surface area contributed by atoms with E-state index in [2.05, 4.69) is 20.9 Å². The molecule has 0 radical (unpaired) electrons. The molecule has 226 valence electrons. The Morgan fingerprint density at radius 2 is 1.84 bits per heavy atom. The maximum absolute atomic E-state index is 14.1. The van der Waals surface area contributed by atoms with Crippen LogP contribution in [0.25, 0.3) is 16.8 Å². The van der Waals surface area contributed by atoms with Crippen molar-refractivity contribution in [2.24, 2.45) is 4.99 Å². The molecule has 11 heteroatoms. The van der Waals surface area contributed by atoms with Gasteiger partial charge in [0.05, 0.1) is 37.8 Å². The van der Waals surface area contributed by atoms with E-state index < -0.39 is 16.9 Å². The number of ether oxygens (including phenoxy) is 2. The van der Waals surface area contributed by atoms with Gasteiger partial charge >= 0.3 is 5.97 Å². The molecular formula is C34H26BrN3O6S. The van der Waals surface area contributed by atoms with Crippen molar-refractivity contribution in [2.45, 2.75) is 26.5 Å². The van der Waals surface area contributed by atoms with Crippen molar-refractivity contribution >= 4 is 55.8 Å². The minimum absolute atomic E-state index is 0.0188. The summed E-state index contributed by atoms with van der Waals surface area (Å²) in [5.41, 5.74) is 2.97. The van der Waals surface area contributed by atoms with E-state index in [1.165, 1.54) is 23.5 Å². The van der Waals surface area contributed by atoms with Crippen molar-refractivity contribution in [2.75, 3.05) is 6.61 Å². The van der Waals surface area contributed by atoms with Crippen LogP contribution in [0, 0.1) is 10.1 Å². The van der Waals surface area contributed by atoms with Gasteiger partial charge in [-0.15, -0.1) is 0 Å². The molecule has 0 aliphatic carbocycles. The Balaban J connectivity index is 1.38. The van der Waals surface area contributed by atoms with E-state index in [4.69, 9.17) is 9.47 Å². The summed E-state index contributed by atoms with van der Waals surface area (Å²) in [5.74, 6) is 0.0804. The molecule has 2 heterocycles. The summed E-state index contributed by atoms with van der Waals surface area (Å²) >= 11 is 4.82. The number of carbonyl (C=O) groups excluding carboxylic acids is 1. The van der Waals surface area contributed by atoms with Crippen molar-refractivity contribution < 1.29 is 19.2 Å². The van der Waals surface area contributed by atoms with E-state index in [-0.39, 0.29) is 24.5 Å². The molecule has 0 N–H and O–H groups in total. The predicted octanol–water partition coefficient (Wildman–Crippen LogP) is 6.20. The van der Waals surface area contributed by atoms with Crippen molar-refractivity contribution in [3.05, 3.63) is 147 Å². The lowest BCUT2D eigenvalue weighted by molar-refractivity contribution is -0.384. The first-order valence-electron chi connectivity index (χ1n) is 14.1. The molecule has 6 rings (SSSR count). The largest absolute Gasteiger partial charge is 0.488 e. The average Bonchev–Trinajstić information content (AvgIpc) is 3.33. The van der Waals surface area contributed by atoms with Crippen LogP contribution in [0.5, 0.6) is 5.75 Å². The molecule has 4 aromatic carbocycles. The number of rotatable bonds is 8. The van der Waals surface area contributed by atoms with E-state index in [0.717, 1.165) is 27.5 Å². The van der Waals surface area contributed by atoms with Crippen LogP contribution in [-0.4, -0.2) is 22.1 Å². The molecule has 0 amide bonds. The quantitative estimate of drug-likeness (QED) is 0.109. The van der Waals surface area contributed by atoms with Crippen LogP contribution >= 0.6 is 27.3 Å². The summed E-state index contributed by atoms with van der Waals surface area (Å²) < 4.78 is 14.1. The number of nitrogens with zero attached hydrogens (tertiary/aromatic N) is 3. The number of nitro groups is 1. The van der Waals surface area contributed by atoms with Gasteiger partial charge < -0.3 is 9.47 Å². The molecule has 0 fully saturated rings. The summed E-state index contributed by atoms with van der Waals surface area (Å²) in [7, 11) is 0. The van der Waals surface area contributed by atoms with Crippen LogP contribution in [0.1, 0.15) is 36.6 Å². The topological polar surface area (TPSA) is 113 Å². The van der Waals surface area contributed by atoms with Crippen molar-refractivity contribution in [3.8, 4) is 5.75 Å². The number of allylic oxidation sites excluding steroid dienone is 1. The van der Waals surface area contributed by atoms with Crippen molar-refractivity contribution in [3.63, 3.8) is 0 Å². The number of hydrogen-bond acceptors (Lipinski definition) is 8. The third-order valence-corrected chi connectivity index (χ3v) is 9.03. The second kappa shape index (κ2) is 12.6. The summed E-state index contributed by atoms with van der Waals surface area (Å²) in [6.45, 7) is 3.95. The fraction of sp³-hybridized carbons (Fsp3) is 0.147. The summed E-state index contributed by atoms with van der Waals surface area (Å²) in [4.78, 5) is 43.0. The number of aromatic nitrogens is 1. The van der Waals surface area contributed by atoms with Gasteiger partial charge in [0.2, 0.25) is 0 Å². The fourth-order valence-corrected chi connectivity index (χ4v) is 6.88. The SMILES string of the molecule is CCOC(=O)C1=C(C)N=c2s/c(=C/c3ccc(OCc4ccc([N+](=O)[O-])cc4)c(Br)c3)c(=O)n2[C@H]1c1cccc2ccccc12. The normalized spacial score (nSPS) is 14.6. The zero-order chi connectivity index (χ0) is 31.7. The van der Waals surface area contributed by atoms with E-state index in [0.29, 0.717) is 30.8 Å². The number of benzene rings is 4. The molecule has 0 saturated heterocycles. The molecule has 0 saturated carbocycles. The lowest BCUT2D eigenvalue weighted by Crippen LogP contribution is -2.40. The number of fused-ring (bicyclic) bond motifs is 2. The van der Waals surface area contributed by atoms with Crippen LogP contribution < -0.4 is 19.6 Å². The smallest absolute Gasteiger partial charge is 0.338 e. The molecule has 45 heavy (non-hydrogen) atoms. The monoisotopic (exact) mass is 683 g/mol. The standard InChI is InChI=1S/C34H26BrN3O6S/c1-3-43-33(40)30-20(2)36-34-37(31(30)26-10-6-8-23-7-4-5-9-25(23)26)32(39)29(45-34)18-22-13-16-28(27(35)17-22)44-19-21-11-14-24(15-12-21)38(41)42/h4-18,31H,3,19H2,1-2H3/b29-18+/t31-/m0/s1. The Labute approximate surface area is 269 Å². The molecule has 0 spiro atoms. The van der Waals surface area contributed by atoms with Gasteiger partial charge in [0.15, 0.2) is 4.80 Å². The first-order valence-corrected chi connectivity index (χ1v) is 15.7. The second-order valence-electron chi connectivity index (χ2n) is 10.3. The van der Waals surface area contributed by atoms with Gasteiger partial charge in [-0.25, -0.2) is 9.79 Å². The van der Waals surface area contributed by atoms with Crippen LogP contribution in [-0.2, 0) is 16.1 Å². The zero-order valence-corrected chi connectivity index (χ0v) is 26.6. The van der Waals surface area contributed by atoms with E-state index in [9.17, 15) is 19.7 Å². The average molecular weight is 685 g/mol. The molecule has 1 aliphatic heterocycles. The van der Waals surface area contributed by atoms with Crippen molar-refractivity contribution in [1.29, 1.82) is 0 Å². The van der Waals surface area contributed by atoms with Gasteiger partial charge in [-0.3, -0.25) is 19.5 Å². The number of thiazole rings is 1. The van der Waals surface area contributed by atoms with E-state index >= 15 is 0 Å². The number of carbonyl (C=O) groups is 1. The fourth-order valence-electron chi connectivity index (χ4n) is 5.32. The maximum atomic E-state index is 14.1. The van der Waals surface area contributed by atoms with Gasteiger partial charge in [-0.1, -0.05) is 59.9 Å². The van der Waals surface area contributed by atoms with E-state index in [1.807, 2.05) is 54.6 Å². The van der Waals surface area contributed by atoms with Gasteiger partial charge in [0, 0.05) is 12.1 Å². The minimum Gasteiger partial charge on any atom is -0.488 e. The second-order valence-corrected chi connectivity index (χ2v) is 12.1. The molecule has 1 aliphatic rings. The summed E-state index contributed by atoms with van der Waals surface area (Å²) in [5, 5.41) is 12.8. The van der Waals surface area contributed by atoms with Crippen LogP contribution in [0.3, 0.4) is 0 Å². The number of esters is 1. The van der Waals surface area contributed by atoms with Crippen LogP contribution in [0.2, 0.25) is 0 Å². The lowest BCUT2D eigenvalue weighted by Gasteiger charge is -2.25. The van der Waals surface area contributed by atoms with Gasteiger partial charge in [-0.2, -0.15) is 0 Å². The number of hydrogen-bond donors (Lipinski definition) is 0. The third-order valence-electron chi connectivity index (χ3n) is 7.43. The highest BCUT2D eigenvalue weighted by molar-refractivity contribution is 9.10. The highest BCUT2D eigenvalue weighted by atomic mass is 79.9. The Morgan fingerprint density at radius 1 is 1.09 bits per heavy atom.